The van der Waals surface area contributed by atoms with Gasteiger partial charge in [-0.1, -0.05) is 28.9 Å². The molecule has 2 N–H and O–H groups in total. The number of aromatic nitrogens is 3. The van der Waals surface area contributed by atoms with E-state index in [9.17, 15) is 4.79 Å². The minimum absolute atomic E-state index is 0. The van der Waals surface area contributed by atoms with Crippen LogP contribution in [0.2, 0.25) is 5.02 Å². The highest BCUT2D eigenvalue weighted by Gasteiger charge is 2.34. The van der Waals surface area contributed by atoms with Gasteiger partial charge in [0, 0.05) is 5.02 Å². The Hall–Kier alpha value is -1.63. The summed E-state index contributed by atoms with van der Waals surface area (Å²) in [6, 6.07) is 8.03. The molecule has 0 bridgehead atoms. The predicted molar refractivity (Wildman–Crippen MR) is 103 cm³/mol. The molecule has 1 saturated carbocycles. The molecule has 1 unspecified atom stereocenters. The SMILES string of the molecule is Cl.O=C(NC(c1ccc(Cl)cc1)C1CC1)c1cn(C2CCNCC2)nn1. The van der Waals surface area contributed by atoms with Crippen LogP contribution in [0.1, 0.15) is 53.8 Å². The third-order valence-electron chi connectivity index (χ3n) is 5.03. The zero-order chi connectivity index (χ0) is 17.2. The van der Waals surface area contributed by atoms with Crippen molar-refractivity contribution in [1.29, 1.82) is 0 Å². The van der Waals surface area contributed by atoms with Gasteiger partial charge in [0.15, 0.2) is 5.69 Å². The Kier molecular flexibility index (Phi) is 6.16. The van der Waals surface area contributed by atoms with Crippen molar-refractivity contribution < 1.29 is 4.79 Å². The van der Waals surface area contributed by atoms with Crippen molar-refractivity contribution in [3.63, 3.8) is 0 Å². The largest absolute Gasteiger partial charge is 0.344 e. The molecule has 0 radical (unpaired) electrons. The molecule has 2 heterocycles. The molecule has 2 fully saturated rings. The summed E-state index contributed by atoms with van der Waals surface area (Å²) < 4.78 is 1.84. The van der Waals surface area contributed by atoms with E-state index in [4.69, 9.17) is 11.6 Å². The van der Waals surface area contributed by atoms with Crippen molar-refractivity contribution in [1.82, 2.24) is 25.6 Å². The van der Waals surface area contributed by atoms with Crippen LogP contribution in [0.5, 0.6) is 0 Å². The van der Waals surface area contributed by atoms with Crippen LogP contribution in [0.4, 0.5) is 0 Å². The highest BCUT2D eigenvalue weighted by molar-refractivity contribution is 6.30. The molecule has 0 spiro atoms. The Morgan fingerprint density at radius 1 is 1.19 bits per heavy atom. The number of benzene rings is 1. The smallest absolute Gasteiger partial charge is 0.273 e. The second kappa shape index (κ2) is 8.37. The first-order chi connectivity index (χ1) is 12.2. The summed E-state index contributed by atoms with van der Waals surface area (Å²) in [6.07, 6.45) is 6.07. The van der Waals surface area contributed by atoms with E-state index in [2.05, 4.69) is 20.9 Å². The molecule has 6 nitrogen and oxygen atoms in total. The molecular formula is C18H23Cl2N5O. The molecule has 4 rings (SSSR count). The van der Waals surface area contributed by atoms with Crippen LogP contribution >= 0.6 is 24.0 Å². The van der Waals surface area contributed by atoms with Crippen molar-refractivity contribution in [3.8, 4) is 0 Å². The van der Waals surface area contributed by atoms with Crippen molar-refractivity contribution in [2.75, 3.05) is 13.1 Å². The minimum atomic E-state index is -0.160. The zero-order valence-electron chi connectivity index (χ0n) is 14.4. The van der Waals surface area contributed by atoms with Gasteiger partial charge < -0.3 is 10.6 Å². The number of nitrogens with zero attached hydrogens (tertiary/aromatic N) is 3. The summed E-state index contributed by atoms with van der Waals surface area (Å²) in [5.41, 5.74) is 1.48. The third-order valence-corrected chi connectivity index (χ3v) is 5.29. The fourth-order valence-electron chi connectivity index (χ4n) is 3.42. The van der Waals surface area contributed by atoms with E-state index in [1.54, 1.807) is 6.20 Å². The Labute approximate surface area is 164 Å². The molecule has 1 saturated heterocycles. The summed E-state index contributed by atoms with van der Waals surface area (Å²) in [5, 5.41) is 15.4. The van der Waals surface area contributed by atoms with Gasteiger partial charge in [-0.15, -0.1) is 17.5 Å². The number of carbonyl (C=O) groups excluding carboxylic acids is 1. The quantitative estimate of drug-likeness (QED) is 0.815. The number of hydrogen-bond donors (Lipinski definition) is 2. The van der Waals surface area contributed by atoms with Gasteiger partial charge in [-0.25, -0.2) is 4.68 Å². The Bertz CT molecular complexity index is 738. The number of carbonyl (C=O) groups is 1. The normalized spacial score (nSPS) is 18.8. The molecular weight excluding hydrogens is 373 g/mol. The van der Waals surface area contributed by atoms with Crippen LogP contribution in [-0.4, -0.2) is 34.0 Å². The molecule has 1 amide bonds. The van der Waals surface area contributed by atoms with Crippen LogP contribution in [0, 0.1) is 5.92 Å². The van der Waals surface area contributed by atoms with Gasteiger partial charge in [0.05, 0.1) is 18.3 Å². The molecule has 140 valence electrons. The molecule has 8 heteroatoms. The van der Waals surface area contributed by atoms with Crippen molar-refractivity contribution in [2.45, 2.75) is 37.8 Å². The molecule has 2 aromatic rings. The van der Waals surface area contributed by atoms with Crippen LogP contribution in [-0.2, 0) is 0 Å². The fourth-order valence-corrected chi connectivity index (χ4v) is 3.54. The lowest BCUT2D eigenvalue weighted by atomic mass is 10.0. The fraction of sp³-hybridized carbons (Fsp3) is 0.500. The van der Waals surface area contributed by atoms with E-state index in [0.29, 0.717) is 22.7 Å². The second-order valence-corrected chi connectivity index (χ2v) is 7.34. The summed E-state index contributed by atoms with van der Waals surface area (Å²) in [6.45, 7) is 1.96. The van der Waals surface area contributed by atoms with Crippen molar-refractivity contribution in [3.05, 3.63) is 46.7 Å². The van der Waals surface area contributed by atoms with Crippen LogP contribution in [0.25, 0.3) is 0 Å². The molecule has 1 aliphatic carbocycles. The van der Waals surface area contributed by atoms with E-state index in [1.165, 1.54) is 0 Å². The summed E-state index contributed by atoms with van der Waals surface area (Å²) in [5.74, 6) is 0.330. The maximum absolute atomic E-state index is 12.7. The molecule has 1 aromatic heterocycles. The number of nitrogens with one attached hydrogen (secondary N) is 2. The van der Waals surface area contributed by atoms with Crippen LogP contribution in [0.3, 0.4) is 0 Å². The number of hydrogen-bond acceptors (Lipinski definition) is 4. The lowest BCUT2D eigenvalue weighted by Gasteiger charge is -2.22. The minimum Gasteiger partial charge on any atom is -0.344 e. The monoisotopic (exact) mass is 395 g/mol. The van der Waals surface area contributed by atoms with Gasteiger partial charge in [-0.3, -0.25) is 4.79 Å². The maximum Gasteiger partial charge on any atom is 0.273 e. The highest BCUT2D eigenvalue weighted by atomic mass is 35.5. The van der Waals surface area contributed by atoms with Gasteiger partial charge >= 0.3 is 0 Å². The van der Waals surface area contributed by atoms with E-state index in [-0.39, 0.29) is 24.4 Å². The highest BCUT2D eigenvalue weighted by Crippen LogP contribution is 2.41. The number of rotatable bonds is 5. The van der Waals surface area contributed by atoms with Crippen molar-refractivity contribution in [2.24, 2.45) is 5.92 Å². The summed E-state index contributed by atoms with van der Waals surface area (Å²) in [4.78, 5) is 12.7. The standard InChI is InChI=1S/C18H22ClN5O.ClH/c19-14-5-3-13(4-6-14)17(12-1-2-12)21-18(25)16-11-24(23-22-16)15-7-9-20-10-8-15;/h3-6,11-12,15,17,20H,1-2,7-10H2,(H,21,25);1H. The Balaban J connectivity index is 0.00000196. The van der Waals surface area contributed by atoms with Gasteiger partial charge in [-0.2, -0.15) is 0 Å². The molecule has 1 aliphatic heterocycles. The third kappa shape index (κ3) is 4.37. The molecule has 1 aromatic carbocycles. The van der Waals surface area contributed by atoms with Gasteiger partial charge in [-0.05, 0) is 62.4 Å². The molecule has 2 aliphatic rings. The Morgan fingerprint density at radius 3 is 2.54 bits per heavy atom. The average molecular weight is 396 g/mol. The predicted octanol–water partition coefficient (Wildman–Crippen LogP) is 3.16. The molecule has 1 atom stereocenters. The average Bonchev–Trinajstić information content (AvgIpc) is 3.36. The number of halogens is 2. The van der Waals surface area contributed by atoms with Crippen molar-refractivity contribution >= 4 is 29.9 Å². The second-order valence-electron chi connectivity index (χ2n) is 6.91. The lowest BCUT2D eigenvalue weighted by Crippen LogP contribution is -2.30. The first-order valence-corrected chi connectivity index (χ1v) is 9.27. The van der Waals surface area contributed by atoms with E-state index in [0.717, 1.165) is 44.3 Å². The first kappa shape index (κ1) is 19.1. The summed E-state index contributed by atoms with van der Waals surface area (Å²) >= 11 is 5.98. The number of piperidine rings is 1. The van der Waals surface area contributed by atoms with E-state index in [1.807, 2.05) is 28.9 Å². The first-order valence-electron chi connectivity index (χ1n) is 8.89. The van der Waals surface area contributed by atoms with Crippen LogP contribution < -0.4 is 10.6 Å². The van der Waals surface area contributed by atoms with Gasteiger partial charge in [0.1, 0.15) is 0 Å². The lowest BCUT2D eigenvalue weighted by molar-refractivity contribution is 0.0926. The van der Waals surface area contributed by atoms with E-state index >= 15 is 0 Å². The van der Waals surface area contributed by atoms with E-state index < -0.39 is 0 Å². The van der Waals surface area contributed by atoms with Gasteiger partial charge in [0.2, 0.25) is 0 Å². The maximum atomic E-state index is 12.7. The zero-order valence-corrected chi connectivity index (χ0v) is 16.0. The number of amides is 1. The van der Waals surface area contributed by atoms with Crippen LogP contribution in [0.15, 0.2) is 30.5 Å². The topological polar surface area (TPSA) is 71.8 Å². The van der Waals surface area contributed by atoms with Gasteiger partial charge in [0.25, 0.3) is 5.91 Å². The Morgan fingerprint density at radius 2 is 1.88 bits per heavy atom. The summed E-state index contributed by atoms with van der Waals surface area (Å²) in [7, 11) is 0. The molecule has 26 heavy (non-hydrogen) atoms.